The molecular formula is C26H24F2N2O4S. The summed E-state index contributed by atoms with van der Waals surface area (Å²) in [6.45, 7) is 4.02. The van der Waals surface area contributed by atoms with Gasteiger partial charge in [-0.25, -0.2) is 17.2 Å². The van der Waals surface area contributed by atoms with Crippen LogP contribution in [0.4, 0.5) is 8.78 Å². The molecular weight excluding hydrogens is 474 g/mol. The van der Waals surface area contributed by atoms with E-state index in [0.29, 0.717) is 11.6 Å². The molecule has 1 saturated heterocycles. The van der Waals surface area contributed by atoms with Crippen LogP contribution in [-0.4, -0.2) is 55.5 Å². The van der Waals surface area contributed by atoms with Gasteiger partial charge in [-0.1, -0.05) is 30.3 Å². The number of piperazine rings is 1. The van der Waals surface area contributed by atoms with Crippen LogP contribution in [0.3, 0.4) is 0 Å². The van der Waals surface area contributed by atoms with Gasteiger partial charge in [0.15, 0.2) is 17.4 Å². The van der Waals surface area contributed by atoms with Gasteiger partial charge in [-0.05, 0) is 55.3 Å². The fraction of sp³-hybridized carbons (Fsp3) is 0.231. The molecule has 182 valence electrons. The molecule has 3 aromatic rings. The van der Waals surface area contributed by atoms with E-state index in [0.717, 1.165) is 27.6 Å². The SMILES string of the molecule is Cc1ccc(C(=O)c2ccccc2C(=O)N2CCN(S(=O)(=O)c3ccc(F)c(F)c3)CC2)cc1C. The maximum Gasteiger partial charge on any atom is 0.254 e. The van der Waals surface area contributed by atoms with E-state index in [-0.39, 0.29) is 53.9 Å². The first-order valence-electron chi connectivity index (χ1n) is 11.0. The molecule has 0 aromatic heterocycles. The highest BCUT2D eigenvalue weighted by Crippen LogP contribution is 2.22. The molecule has 0 saturated carbocycles. The maximum absolute atomic E-state index is 13.6. The normalized spacial score (nSPS) is 14.7. The van der Waals surface area contributed by atoms with E-state index in [4.69, 9.17) is 0 Å². The first-order chi connectivity index (χ1) is 16.6. The lowest BCUT2D eigenvalue weighted by molar-refractivity contribution is 0.0694. The third-order valence-corrected chi connectivity index (χ3v) is 8.12. The molecule has 3 aromatic carbocycles. The van der Waals surface area contributed by atoms with Crippen molar-refractivity contribution in [3.8, 4) is 0 Å². The number of carbonyl (C=O) groups excluding carboxylic acids is 2. The van der Waals surface area contributed by atoms with E-state index in [1.807, 2.05) is 19.9 Å². The van der Waals surface area contributed by atoms with Crippen molar-refractivity contribution in [2.24, 2.45) is 0 Å². The van der Waals surface area contributed by atoms with Crippen LogP contribution in [0, 0.1) is 25.5 Å². The van der Waals surface area contributed by atoms with Crippen LogP contribution in [0.2, 0.25) is 0 Å². The zero-order valence-electron chi connectivity index (χ0n) is 19.3. The number of carbonyl (C=O) groups is 2. The average Bonchev–Trinajstić information content (AvgIpc) is 2.86. The lowest BCUT2D eigenvalue weighted by Gasteiger charge is -2.34. The summed E-state index contributed by atoms with van der Waals surface area (Å²) < 4.78 is 53.6. The Hall–Kier alpha value is -3.43. The highest BCUT2D eigenvalue weighted by atomic mass is 32.2. The van der Waals surface area contributed by atoms with Crippen LogP contribution in [0.25, 0.3) is 0 Å². The van der Waals surface area contributed by atoms with Gasteiger partial charge < -0.3 is 4.90 Å². The molecule has 1 aliphatic heterocycles. The van der Waals surface area contributed by atoms with E-state index >= 15 is 0 Å². The monoisotopic (exact) mass is 498 g/mol. The summed E-state index contributed by atoms with van der Waals surface area (Å²) in [4.78, 5) is 27.6. The molecule has 0 N–H and O–H groups in total. The minimum atomic E-state index is -4.05. The Labute approximate surface area is 202 Å². The molecule has 0 bridgehead atoms. The van der Waals surface area contributed by atoms with Crippen LogP contribution in [0.1, 0.15) is 37.4 Å². The molecule has 1 heterocycles. The number of hydrogen-bond acceptors (Lipinski definition) is 4. The Kier molecular flexibility index (Phi) is 6.82. The lowest BCUT2D eigenvalue weighted by Crippen LogP contribution is -2.50. The Bertz CT molecular complexity index is 1410. The lowest BCUT2D eigenvalue weighted by atomic mass is 9.95. The molecule has 0 spiro atoms. The highest BCUT2D eigenvalue weighted by Gasteiger charge is 2.32. The number of hydrogen-bond donors (Lipinski definition) is 0. The van der Waals surface area contributed by atoms with Crippen LogP contribution < -0.4 is 0 Å². The van der Waals surface area contributed by atoms with Crippen molar-refractivity contribution in [2.75, 3.05) is 26.2 Å². The standard InChI is InChI=1S/C26H24F2N2O4S/c1-17-7-8-19(15-18(17)2)25(31)21-5-3-4-6-22(21)26(32)29-11-13-30(14-12-29)35(33,34)20-9-10-23(27)24(28)16-20/h3-10,15-16H,11-14H2,1-2H3. The van der Waals surface area contributed by atoms with Crippen LogP contribution in [-0.2, 0) is 10.0 Å². The minimum Gasteiger partial charge on any atom is -0.336 e. The van der Waals surface area contributed by atoms with Gasteiger partial charge in [0.05, 0.1) is 10.5 Å². The van der Waals surface area contributed by atoms with E-state index in [9.17, 15) is 26.8 Å². The molecule has 0 aliphatic carbocycles. The smallest absolute Gasteiger partial charge is 0.254 e. The Morgan fingerprint density at radius 3 is 2.06 bits per heavy atom. The van der Waals surface area contributed by atoms with Gasteiger partial charge in [-0.3, -0.25) is 9.59 Å². The molecule has 9 heteroatoms. The van der Waals surface area contributed by atoms with Crippen molar-refractivity contribution < 1.29 is 26.8 Å². The van der Waals surface area contributed by atoms with Crippen molar-refractivity contribution >= 4 is 21.7 Å². The highest BCUT2D eigenvalue weighted by molar-refractivity contribution is 7.89. The van der Waals surface area contributed by atoms with Gasteiger partial charge in [-0.2, -0.15) is 4.31 Å². The largest absolute Gasteiger partial charge is 0.336 e. The van der Waals surface area contributed by atoms with E-state index < -0.39 is 21.7 Å². The predicted octanol–water partition coefficient (Wildman–Crippen LogP) is 3.96. The number of nitrogens with zero attached hydrogens (tertiary/aromatic N) is 2. The molecule has 6 nitrogen and oxygen atoms in total. The third-order valence-electron chi connectivity index (χ3n) is 6.23. The third kappa shape index (κ3) is 4.87. The van der Waals surface area contributed by atoms with Crippen LogP contribution in [0.15, 0.2) is 65.6 Å². The summed E-state index contributed by atoms with van der Waals surface area (Å²) in [6, 6.07) is 14.4. The second kappa shape index (κ2) is 9.67. The molecule has 4 rings (SSSR count). The summed E-state index contributed by atoms with van der Waals surface area (Å²) in [5, 5.41) is 0. The Morgan fingerprint density at radius 2 is 1.43 bits per heavy atom. The number of ketones is 1. The van der Waals surface area contributed by atoms with Gasteiger partial charge in [0.2, 0.25) is 10.0 Å². The van der Waals surface area contributed by atoms with Crippen molar-refractivity contribution in [1.29, 1.82) is 0 Å². The first kappa shape index (κ1) is 24.7. The van der Waals surface area contributed by atoms with Gasteiger partial charge in [0, 0.05) is 37.3 Å². The number of amides is 1. The van der Waals surface area contributed by atoms with E-state index in [1.165, 1.54) is 4.90 Å². The number of benzene rings is 3. The van der Waals surface area contributed by atoms with Crippen molar-refractivity contribution in [1.82, 2.24) is 9.21 Å². The molecule has 0 unspecified atom stereocenters. The van der Waals surface area contributed by atoms with Gasteiger partial charge >= 0.3 is 0 Å². The Balaban J connectivity index is 1.52. The fourth-order valence-corrected chi connectivity index (χ4v) is 5.43. The molecule has 0 atom stereocenters. The van der Waals surface area contributed by atoms with Crippen LogP contribution in [0.5, 0.6) is 0 Å². The summed E-state index contributed by atoms with van der Waals surface area (Å²) in [5.74, 6) is -3.02. The Morgan fingerprint density at radius 1 is 0.771 bits per heavy atom. The predicted molar refractivity (Wildman–Crippen MR) is 127 cm³/mol. The number of rotatable bonds is 5. The number of sulfonamides is 1. The van der Waals surface area contributed by atoms with E-state index in [2.05, 4.69) is 0 Å². The molecule has 1 amide bonds. The fourth-order valence-electron chi connectivity index (χ4n) is 3.99. The number of aryl methyl sites for hydroxylation is 2. The van der Waals surface area contributed by atoms with Gasteiger partial charge in [-0.15, -0.1) is 0 Å². The van der Waals surface area contributed by atoms with Crippen LogP contribution >= 0.6 is 0 Å². The van der Waals surface area contributed by atoms with Gasteiger partial charge in [0.25, 0.3) is 5.91 Å². The minimum absolute atomic E-state index is 0.0136. The van der Waals surface area contributed by atoms with Crippen molar-refractivity contribution in [2.45, 2.75) is 18.7 Å². The second-order valence-corrected chi connectivity index (χ2v) is 10.4. The van der Waals surface area contributed by atoms with E-state index in [1.54, 1.807) is 36.4 Å². The molecule has 0 radical (unpaired) electrons. The zero-order chi connectivity index (χ0) is 25.3. The summed E-state index contributed by atoms with van der Waals surface area (Å²) in [7, 11) is -4.05. The average molecular weight is 499 g/mol. The quantitative estimate of drug-likeness (QED) is 0.499. The summed E-state index contributed by atoms with van der Waals surface area (Å²) >= 11 is 0. The summed E-state index contributed by atoms with van der Waals surface area (Å²) in [6.07, 6.45) is 0. The van der Waals surface area contributed by atoms with Crippen molar-refractivity contribution in [3.05, 3.63) is 100 Å². The second-order valence-electron chi connectivity index (χ2n) is 8.45. The maximum atomic E-state index is 13.6. The molecule has 35 heavy (non-hydrogen) atoms. The molecule has 1 fully saturated rings. The summed E-state index contributed by atoms with van der Waals surface area (Å²) in [5.41, 5.74) is 3.03. The van der Waals surface area contributed by atoms with Crippen molar-refractivity contribution in [3.63, 3.8) is 0 Å². The molecule has 1 aliphatic rings. The number of halogens is 2. The zero-order valence-corrected chi connectivity index (χ0v) is 20.1. The first-order valence-corrected chi connectivity index (χ1v) is 12.5. The topological polar surface area (TPSA) is 74.8 Å². The van der Waals surface area contributed by atoms with Gasteiger partial charge in [0.1, 0.15) is 0 Å².